The number of hydrogen-bond acceptors (Lipinski definition) is 3. The minimum Gasteiger partial charge on any atom is -0.409 e. The number of benzene rings is 1. The van der Waals surface area contributed by atoms with E-state index in [2.05, 4.69) is 10.5 Å². The summed E-state index contributed by atoms with van der Waals surface area (Å²) in [4.78, 5) is 13.0. The zero-order chi connectivity index (χ0) is 12.8. The summed E-state index contributed by atoms with van der Waals surface area (Å²) < 4.78 is 0. The molecule has 1 rings (SSSR count). The van der Waals surface area contributed by atoms with Gasteiger partial charge in [0.05, 0.1) is 6.54 Å². The standard InChI is InChI=1S/C11H16N4O2/c1-8-4-3-5-9(6-8)13-11(16)15(2)7-10(12)14-17/h3-6,17H,7H2,1-2H3,(H2,12,14)(H,13,16). The van der Waals surface area contributed by atoms with Gasteiger partial charge in [-0.3, -0.25) is 0 Å². The molecule has 17 heavy (non-hydrogen) atoms. The molecule has 0 aromatic heterocycles. The maximum atomic E-state index is 11.7. The molecule has 0 aliphatic carbocycles. The molecule has 1 aromatic carbocycles. The molecule has 0 spiro atoms. The number of urea groups is 1. The first-order valence-electron chi connectivity index (χ1n) is 5.08. The summed E-state index contributed by atoms with van der Waals surface area (Å²) in [6.07, 6.45) is 0. The van der Waals surface area contributed by atoms with Crippen LogP contribution < -0.4 is 11.1 Å². The summed E-state index contributed by atoms with van der Waals surface area (Å²) in [5.74, 6) is -0.0214. The number of rotatable bonds is 3. The molecule has 1 aromatic rings. The monoisotopic (exact) mass is 236 g/mol. The van der Waals surface area contributed by atoms with Crippen molar-refractivity contribution in [3.05, 3.63) is 29.8 Å². The van der Waals surface area contributed by atoms with Gasteiger partial charge in [-0.05, 0) is 24.6 Å². The van der Waals surface area contributed by atoms with Crippen LogP contribution in [0.25, 0.3) is 0 Å². The van der Waals surface area contributed by atoms with Gasteiger partial charge in [-0.15, -0.1) is 0 Å². The lowest BCUT2D eigenvalue weighted by molar-refractivity contribution is 0.227. The summed E-state index contributed by atoms with van der Waals surface area (Å²) in [7, 11) is 1.56. The number of hydrogen-bond donors (Lipinski definition) is 3. The number of nitrogens with one attached hydrogen (secondary N) is 1. The van der Waals surface area contributed by atoms with Crippen LogP contribution in [0.1, 0.15) is 5.56 Å². The molecule has 2 amide bonds. The average molecular weight is 236 g/mol. The molecule has 0 heterocycles. The molecule has 0 radical (unpaired) electrons. The largest absolute Gasteiger partial charge is 0.409 e. The Morgan fingerprint density at radius 1 is 1.59 bits per heavy atom. The lowest BCUT2D eigenvalue weighted by Crippen LogP contribution is -2.38. The average Bonchev–Trinajstić information content (AvgIpc) is 2.28. The summed E-state index contributed by atoms with van der Waals surface area (Å²) in [6.45, 7) is 2.00. The molecular weight excluding hydrogens is 220 g/mol. The fourth-order valence-electron chi connectivity index (χ4n) is 1.29. The molecule has 6 nitrogen and oxygen atoms in total. The molecule has 0 saturated heterocycles. The van der Waals surface area contributed by atoms with Crippen molar-refractivity contribution in [3.63, 3.8) is 0 Å². The second-order valence-electron chi connectivity index (χ2n) is 3.75. The quantitative estimate of drug-likeness (QED) is 0.319. The van der Waals surface area contributed by atoms with Crippen LogP contribution in [-0.4, -0.2) is 35.6 Å². The molecule has 0 aliphatic rings. The third-order valence-corrected chi connectivity index (χ3v) is 2.14. The van der Waals surface area contributed by atoms with Gasteiger partial charge in [-0.1, -0.05) is 17.3 Å². The van der Waals surface area contributed by atoms with E-state index >= 15 is 0 Å². The van der Waals surface area contributed by atoms with E-state index in [1.54, 1.807) is 13.1 Å². The van der Waals surface area contributed by atoms with Crippen LogP contribution in [0.5, 0.6) is 0 Å². The van der Waals surface area contributed by atoms with Crippen molar-refractivity contribution in [1.29, 1.82) is 0 Å². The van der Waals surface area contributed by atoms with Crippen LogP contribution in [0.4, 0.5) is 10.5 Å². The number of carbonyl (C=O) groups is 1. The smallest absolute Gasteiger partial charge is 0.321 e. The molecule has 6 heteroatoms. The van der Waals surface area contributed by atoms with E-state index < -0.39 is 0 Å². The van der Waals surface area contributed by atoms with Crippen LogP contribution >= 0.6 is 0 Å². The number of nitrogens with two attached hydrogens (primary N) is 1. The molecule has 0 aliphatic heterocycles. The van der Waals surface area contributed by atoms with E-state index in [1.807, 2.05) is 25.1 Å². The Labute approximate surface area is 99.7 Å². The van der Waals surface area contributed by atoms with Crippen LogP contribution in [0.2, 0.25) is 0 Å². The van der Waals surface area contributed by atoms with Crippen LogP contribution in [-0.2, 0) is 0 Å². The van der Waals surface area contributed by atoms with Gasteiger partial charge >= 0.3 is 6.03 Å². The number of oxime groups is 1. The van der Waals surface area contributed by atoms with Gasteiger partial charge in [0, 0.05) is 12.7 Å². The number of aryl methyl sites for hydroxylation is 1. The van der Waals surface area contributed by atoms with Crippen molar-refractivity contribution in [2.24, 2.45) is 10.9 Å². The van der Waals surface area contributed by atoms with E-state index in [0.29, 0.717) is 5.69 Å². The maximum absolute atomic E-state index is 11.7. The van der Waals surface area contributed by atoms with Crippen molar-refractivity contribution in [2.75, 3.05) is 18.9 Å². The molecule has 0 fully saturated rings. The Morgan fingerprint density at radius 2 is 2.29 bits per heavy atom. The van der Waals surface area contributed by atoms with Crippen molar-refractivity contribution >= 4 is 17.6 Å². The van der Waals surface area contributed by atoms with Gasteiger partial charge in [0.15, 0.2) is 5.84 Å². The number of likely N-dealkylation sites (N-methyl/N-ethyl adjacent to an activating group) is 1. The van der Waals surface area contributed by atoms with Gasteiger partial charge in [-0.2, -0.15) is 0 Å². The fourth-order valence-corrected chi connectivity index (χ4v) is 1.29. The van der Waals surface area contributed by atoms with Gasteiger partial charge in [-0.25, -0.2) is 4.79 Å². The molecular formula is C11H16N4O2. The normalized spacial score (nSPS) is 11.1. The van der Waals surface area contributed by atoms with E-state index in [1.165, 1.54) is 4.90 Å². The number of nitrogens with zero attached hydrogens (tertiary/aromatic N) is 2. The van der Waals surface area contributed by atoms with Gasteiger partial charge in [0.2, 0.25) is 0 Å². The zero-order valence-corrected chi connectivity index (χ0v) is 9.84. The topological polar surface area (TPSA) is 91.0 Å². The highest BCUT2D eigenvalue weighted by Gasteiger charge is 2.10. The SMILES string of the molecule is Cc1cccc(NC(=O)N(C)CC(N)=NO)c1. The van der Waals surface area contributed by atoms with Crippen molar-refractivity contribution in [3.8, 4) is 0 Å². The Hall–Kier alpha value is -2.24. The Morgan fingerprint density at radius 3 is 2.88 bits per heavy atom. The number of carbonyl (C=O) groups excluding carboxylic acids is 1. The first-order chi connectivity index (χ1) is 8.02. The third kappa shape index (κ3) is 4.02. The van der Waals surface area contributed by atoms with E-state index in [0.717, 1.165) is 5.56 Å². The predicted octanol–water partition coefficient (Wildman–Crippen LogP) is 1.21. The highest BCUT2D eigenvalue weighted by Crippen LogP contribution is 2.09. The highest BCUT2D eigenvalue weighted by molar-refractivity contribution is 5.92. The van der Waals surface area contributed by atoms with Crippen LogP contribution in [0.15, 0.2) is 29.4 Å². The molecule has 0 bridgehead atoms. The highest BCUT2D eigenvalue weighted by atomic mass is 16.4. The van der Waals surface area contributed by atoms with E-state index in [9.17, 15) is 4.79 Å². The fraction of sp³-hybridized carbons (Fsp3) is 0.273. The number of amides is 2. The van der Waals surface area contributed by atoms with E-state index in [4.69, 9.17) is 10.9 Å². The molecule has 0 unspecified atom stereocenters. The zero-order valence-electron chi connectivity index (χ0n) is 9.84. The summed E-state index contributed by atoms with van der Waals surface area (Å²) in [5, 5.41) is 13.9. The molecule has 0 atom stereocenters. The number of amidine groups is 1. The van der Waals surface area contributed by atoms with Crippen molar-refractivity contribution in [1.82, 2.24) is 4.90 Å². The Balaban J connectivity index is 2.60. The summed E-state index contributed by atoms with van der Waals surface area (Å²) in [6, 6.07) is 7.13. The second-order valence-corrected chi connectivity index (χ2v) is 3.75. The lowest BCUT2D eigenvalue weighted by Gasteiger charge is -2.17. The first kappa shape index (κ1) is 12.8. The molecule has 4 N–H and O–H groups in total. The maximum Gasteiger partial charge on any atom is 0.321 e. The minimum atomic E-state index is -0.317. The van der Waals surface area contributed by atoms with Crippen LogP contribution in [0.3, 0.4) is 0 Å². The van der Waals surface area contributed by atoms with Gasteiger partial charge < -0.3 is 21.2 Å². The van der Waals surface area contributed by atoms with Crippen molar-refractivity contribution < 1.29 is 10.0 Å². The third-order valence-electron chi connectivity index (χ3n) is 2.14. The van der Waals surface area contributed by atoms with Crippen LogP contribution in [0, 0.1) is 6.92 Å². The Bertz CT molecular complexity index is 431. The summed E-state index contributed by atoms with van der Waals surface area (Å²) >= 11 is 0. The molecule has 0 saturated carbocycles. The lowest BCUT2D eigenvalue weighted by atomic mass is 10.2. The van der Waals surface area contributed by atoms with Crippen molar-refractivity contribution in [2.45, 2.75) is 6.92 Å². The summed E-state index contributed by atoms with van der Waals surface area (Å²) in [5.41, 5.74) is 7.07. The predicted molar refractivity (Wildman–Crippen MR) is 66.2 cm³/mol. The minimum absolute atomic E-state index is 0.0214. The Kier molecular flexibility index (Phi) is 4.33. The molecule has 92 valence electrons. The first-order valence-corrected chi connectivity index (χ1v) is 5.08. The second kappa shape index (κ2) is 5.74. The van der Waals surface area contributed by atoms with Gasteiger partial charge in [0.1, 0.15) is 0 Å². The number of anilines is 1. The van der Waals surface area contributed by atoms with E-state index in [-0.39, 0.29) is 18.4 Å². The van der Waals surface area contributed by atoms with Gasteiger partial charge in [0.25, 0.3) is 0 Å².